The maximum absolute atomic E-state index is 2.32. The fourth-order valence-corrected chi connectivity index (χ4v) is 3.40. The average molecular weight is 240 g/mol. The zero-order valence-electron chi connectivity index (χ0n) is 8.12. The minimum atomic E-state index is 0.761. The normalized spacial score (nSPS) is 12.6. The van der Waals surface area contributed by atoms with E-state index in [1.807, 2.05) is 0 Å². The standard InChI is InChI=1S/C13H11Ge/c14-13-7-3-6-11-10-5-2-1-4-9(10)8-12(11)13/h1-8H,14H3. The van der Waals surface area contributed by atoms with E-state index in [2.05, 4.69) is 48.9 Å². The van der Waals surface area contributed by atoms with Crippen LogP contribution in [-0.4, -0.2) is 16.5 Å². The molecule has 3 rings (SSSR count). The molecule has 0 aliphatic heterocycles. The van der Waals surface area contributed by atoms with E-state index in [-0.39, 0.29) is 0 Å². The predicted octanol–water partition coefficient (Wildman–Crippen LogP) is 1.26. The molecule has 1 aliphatic rings. The first-order valence-electron chi connectivity index (χ1n) is 4.90. The van der Waals surface area contributed by atoms with Gasteiger partial charge in [-0.05, 0) is 0 Å². The molecule has 1 radical (unpaired) electrons. The van der Waals surface area contributed by atoms with E-state index < -0.39 is 0 Å². The van der Waals surface area contributed by atoms with Gasteiger partial charge in [0.1, 0.15) is 0 Å². The average Bonchev–Trinajstić information content (AvgIpc) is 2.59. The van der Waals surface area contributed by atoms with Gasteiger partial charge in [-0.3, -0.25) is 0 Å². The van der Waals surface area contributed by atoms with Gasteiger partial charge in [0, 0.05) is 0 Å². The third-order valence-electron chi connectivity index (χ3n) is 2.87. The Labute approximate surface area is 92.2 Å². The molecular weight excluding hydrogens is 229 g/mol. The van der Waals surface area contributed by atoms with E-state index in [1.54, 1.807) is 4.40 Å². The van der Waals surface area contributed by atoms with Crippen molar-refractivity contribution < 1.29 is 0 Å². The third-order valence-corrected chi connectivity index (χ3v) is 4.70. The van der Waals surface area contributed by atoms with Gasteiger partial charge >= 0.3 is 92.0 Å². The first-order chi connectivity index (χ1) is 6.86. The summed E-state index contributed by atoms with van der Waals surface area (Å²) in [6, 6.07) is 15.3. The molecule has 2 aromatic rings. The second-order valence-electron chi connectivity index (χ2n) is 3.77. The van der Waals surface area contributed by atoms with Crippen molar-refractivity contribution in [3.05, 3.63) is 60.0 Å². The first kappa shape index (κ1) is 8.30. The molecule has 0 atom stereocenters. The van der Waals surface area contributed by atoms with Crippen molar-refractivity contribution >= 4 is 20.9 Å². The van der Waals surface area contributed by atoms with Crippen LogP contribution in [0.4, 0.5) is 0 Å². The molecule has 1 heteroatoms. The van der Waals surface area contributed by atoms with Crippen molar-refractivity contribution in [2.24, 2.45) is 0 Å². The van der Waals surface area contributed by atoms with Crippen LogP contribution >= 0.6 is 0 Å². The Balaban J connectivity index is 2.33. The second-order valence-corrected chi connectivity index (χ2v) is 6.03. The van der Waals surface area contributed by atoms with Crippen molar-refractivity contribution in [3.8, 4) is 11.1 Å². The van der Waals surface area contributed by atoms with Crippen LogP contribution in [0.25, 0.3) is 11.1 Å². The molecule has 67 valence electrons. The quantitative estimate of drug-likeness (QED) is 0.519. The number of fused-ring (bicyclic) bond motifs is 3. The van der Waals surface area contributed by atoms with Gasteiger partial charge in [-0.15, -0.1) is 0 Å². The molecule has 0 amide bonds. The summed E-state index contributed by atoms with van der Waals surface area (Å²) in [5.41, 5.74) is 5.66. The van der Waals surface area contributed by atoms with E-state index in [0.717, 1.165) is 16.5 Å². The number of hydrogen-bond donors (Lipinski definition) is 0. The van der Waals surface area contributed by atoms with Gasteiger partial charge in [0.15, 0.2) is 0 Å². The molecular formula is C13H11Ge. The van der Waals surface area contributed by atoms with Crippen molar-refractivity contribution in [2.75, 3.05) is 0 Å². The second kappa shape index (κ2) is 2.99. The van der Waals surface area contributed by atoms with Crippen molar-refractivity contribution in [1.82, 2.24) is 0 Å². The van der Waals surface area contributed by atoms with Gasteiger partial charge in [0.25, 0.3) is 0 Å². The van der Waals surface area contributed by atoms with Crippen LogP contribution in [0.1, 0.15) is 11.1 Å². The molecule has 0 aromatic heterocycles. The number of hydrogen-bond acceptors (Lipinski definition) is 0. The molecule has 0 bridgehead atoms. The molecule has 0 N–H and O–H groups in total. The molecule has 0 nitrogen and oxygen atoms in total. The zero-order valence-corrected chi connectivity index (χ0v) is 12.3. The SMILES string of the molecule is [GeH3][c]1cccc2c1[CH]c1ccccc1-2. The summed E-state index contributed by atoms with van der Waals surface area (Å²) < 4.78 is 1.55. The Morgan fingerprint density at radius 1 is 0.786 bits per heavy atom. The molecule has 0 fully saturated rings. The summed E-state index contributed by atoms with van der Waals surface area (Å²) in [5, 5.41) is 0. The summed E-state index contributed by atoms with van der Waals surface area (Å²) in [6.45, 7) is 0. The fraction of sp³-hybridized carbons (Fsp3) is 0. The Bertz CT molecular complexity index is 500. The first-order valence-corrected chi connectivity index (χ1v) is 7.00. The van der Waals surface area contributed by atoms with Gasteiger partial charge in [-0.25, -0.2) is 0 Å². The molecule has 1 aliphatic carbocycles. The predicted molar refractivity (Wildman–Crippen MR) is 64.0 cm³/mol. The third kappa shape index (κ3) is 1.07. The summed E-state index contributed by atoms with van der Waals surface area (Å²) in [5.74, 6) is 0. The molecule has 14 heavy (non-hydrogen) atoms. The fourth-order valence-electron chi connectivity index (χ4n) is 2.13. The van der Waals surface area contributed by atoms with Crippen molar-refractivity contribution in [2.45, 2.75) is 0 Å². The van der Waals surface area contributed by atoms with E-state index in [1.165, 1.54) is 22.3 Å². The Hall–Kier alpha value is -1.02. The van der Waals surface area contributed by atoms with Crippen LogP contribution in [0.3, 0.4) is 0 Å². The summed E-state index contributed by atoms with van der Waals surface area (Å²) in [6.07, 6.45) is 2.32. The van der Waals surface area contributed by atoms with Gasteiger partial charge < -0.3 is 0 Å². The van der Waals surface area contributed by atoms with E-state index in [4.69, 9.17) is 0 Å². The Morgan fingerprint density at radius 2 is 1.57 bits per heavy atom. The van der Waals surface area contributed by atoms with Crippen LogP contribution in [0.2, 0.25) is 0 Å². The zero-order chi connectivity index (χ0) is 9.54. The summed E-state index contributed by atoms with van der Waals surface area (Å²) >= 11 is 0.761. The van der Waals surface area contributed by atoms with Crippen LogP contribution in [-0.2, 0) is 0 Å². The van der Waals surface area contributed by atoms with Gasteiger partial charge in [0.05, 0.1) is 0 Å². The summed E-state index contributed by atoms with van der Waals surface area (Å²) in [7, 11) is 0. The van der Waals surface area contributed by atoms with Gasteiger partial charge in [-0.1, -0.05) is 0 Å². The monoisotopic (exact) mass is 241 g/mol. The molecule has 0 spiro atoms. The van der Waals surface area contributed by atoms with Gasteiger partial charge in [0.2, 0.25) is 0 Å². The molecule has 2 aromatic carbocycles. The number of benzene rings is 2. The Kier molecular flexibility index (Phi) is 1.77. The van der Waals surface area contributed by atoms with Crippen molar-refractivity contribution in [1.29, 1.82) is 0 Å². The minimum absolute atomic E-state index is 0.761. The van der Waals surface area contributed by atoms with E-state index in [9.17, 15) is 0 Å². The van der Waals surface area contributed by atoms with Crippen LogP contribution < -0.4 is 4.40 Å². The molecule has 0 heterocycles. The van der Waals surface area contributed by atoms with E-state index >= 15 is 0 Å². The number of rotatable bonds is 0. The molecule has 0 unspecified atom stereocenters. The molecule has 0 saturated heterocycles. The van der Waals surface area contributed by atoms with E-state index in [0.29, 0.717) is 0 Å². The maximum atomic E-state index is 2.32. The van der Waals surface area contributed by atoms with Crippen LogP contribution in [0.15, 0.2) is 42.5 Å². The van der Waals surface area contributed by atoms with Gasteiger partial charge in [-0.2, -0.15) is 0 Å². The Morgan fingerprint density at radius 3 is 2.50 bits per heavy atom. The van der Waals surface area contributed by atoms with Crippen LogP contribution in [0, 0.1) is 6.42 Å². The topological polar surface area (TPSA) is 0 Å². The molecule has 0 saturated carbocycles. The van der Waals surface area contributed by atoms with Crippen LogP contribution in [0.5, 0.6) is 0 Å². The van der Waals surface area contributed by atoms with Crippen molar-refractivity contribution in [3.63, 3.8) is 0 Å². The summed E-state index contributed by atoms with van der Waals surface area (Å²) in [4.78, 5) is 0.